The number of benzene rings is 1. The molecule has 1 aromatic carbocycles. The Hall–Kier alpha value is -3.62. The minimum atomic E-state index is -0.513. The van der Waals surface area contributed by atoms with Gasteiger partial charge in [0.05, 0.1) is 19.9 Å². The summed E-state index contributed by atoms with van der Waals surface area (Å²) in [5.41, 5.74) is 7.45. The van der Waals surface area contributed by atoms with Crippen LogP contribution in [0.2, 0.25) is 0 Å². The van der Waals surface area contributed by atoms with Gasteiger partial charge in [-0.25, -0.2) is 9.50 Å². The molecule has 164 valence electrons. The SMILES string of the molecule is COc1cc(C(=O)NNC(=O)c2cnn3c(C)cc(C)nc23)ccc1OCCC(C)C. The molecule has 0 saturated carbocycles. The van der Waals surface area contributed by atoms with Crippen LogP contribution in [0.5, 0.6) is 11.5 Å². The van der Waals surface area contributed by atoms with Crippen LogP contribution in [0.3, 0.4) is 0 Å². The Kier molecular flexibility index (Phi) is 6.74. The summed E-state index contributed by atoms with van der Waals surface area (Å²) in [6, 6.07) is 6.72. The van der Waals surface area contributed by atoms with Gasteiger partial charge in [0.1, 0.15) is 5.56 Å². The van der Waals surface area contributed by atoms with Crippen molar-refractivity contribution in [3.63, 3.8) is 0 Å². The van der Waals surface area contributed by atoms with Crippen LogP contribution in [0.4, 0.5) is 0 Å². The smallest absolute Gasteiger partial charge is 0.275 e. The summed E-state index contributed by atoms with van der Waals surface area (Å²) in [5.74, 6) is 0.530. The van der Waals surface area contributed by atoms with Crippen molar-refractivity contribution in [3.05, 3.63) is 53.0 Å². The van der Waals surface area contributed by atoms with Crippen LogP contribution in [0.1, 0.15) is 52.4 Å². The van der Waals surface area contributed by atoms with Crippen molar-refractivity contribution >= 4 is 17.5 Å². The molecule has 3 rings (SSSR count). The van der Waals surface area contributed by atoms with Crippen molar-refractivity contribution in [1.29, 1.82) is 0 Å². The maximum atomic E-state index is 12.6. The van der Waals surface area contributed by atoms with Crippen LogP contribution in [0, 0.1) is 19.8 Å². The third-order valence-electron chi connectivity index (χ3n) is 4.69. The molecule has 31 heavy (non-hydrogen) atoms. The molecule has 0 bridgehead atoms. The number of aromatic nitrogens is 3. The van der Waals surface area contributed by atoms with E-state index in [2.05, 4.69) is 34.8 Å². The Morgan fingerprint density at radius 3 is 2.55 bits per heavy atom. The van der Waals surface area contributed by atoms with Crippen LogP contribution < -0.4 is 20.3 Å². The van der Waals surface area contributed by atoms with Gasteiger partial charge in [0, 0.05) is 17.0 Å². The number of nitrogens with zero attached hydrogens (tertiary/aromatic N) is 3. The first kappa shape index (κ1) is 22.1. The molecule has 0 radical (unpaired) electrons. The van der Waals surface area contributed by atoms with E-state index in [4.69, 9.17) is 9.47 Å². The second-order valence-electron chi connectivity index (χ2n) is 7.64. The van der Waals surface area contributed by atoms with Gasteiger partial charge >= 0.3 is 0 Å². The van der Waals surface area contributed by atoms with E-state index in [-0.39, 0.29) is 5.56 Å². The molecule has 0 saturated heterocycles. The number of hydrogen-bond donors (Lipinski definition) is 2. The molecule has 0 atom stereocenters. The number of hydrazine groups is 1. The summed E-state index contributed by atoms with van der Waals surface area (Å²) in [5, 5.41) is 4.18. The Labute approximate surface area is 180 Å². The minimum Gasteiger partial charge on any atom is -0.493 e. The van der Waals surface area contributed by atoms with E-state index in [9.17, 15) is 9.59 Å². The van der Waals surface area contributed by atoms with Crippen molar-refractivity contribution in [2.24, 2.45) is 5.92 Å². The molecule has 0 unspecified atom stereocenters. The molecular weight excluding hydrogens is 398 g/mol. The van der Waals surface area contributed by atoms with E-state index < -0.39 is 11.8 Å². The van der Waals surface area contributed by atoms with Gasteiger partial charge in [-0.2, -0.15) is 5.10 Å². The minimum absolute atomic E-state index is 0.263. The highest BCUT2D eigenvalue weighted by Gasteiger charge is 2.17. The van der Waals surface area contributed by atoms with Crippen LogP contribution >= 0.6 is 0 Å². The molecular formula is C22H27N5O4. The van der Waals surface area contributed by atoms with Crippen LogP contribution in [0.25, 0.3) is 5.65 Å². The van der Waals surface area contributed by atoms with E-state index >= 15 is 0 Å². The van der Waals surface area contributed by atoms with Gasteiger partial charge in [-0.15, -0.1) is 0 Å². The van der Waals surface area contributed by atoms with Gasteiger partial charge in [0.15, 0.2) is 17.1 Å². The highest BCUT2D eigenvalue weighted by atomic mass is 16.5. The Morgan fingerprint density at radius 1 is 1.10 bits per heavy atom. The Bertz CT molecular complexity index is 1110. The number of methoxy groups -OCH3 is 1. The average Bonchev–Trinajstić information content (AvgIpc) is 3.15. The third kappa shape index (κ3) is 5.11. The first-order valence-corrected chi connectivity index (χ1v) is 10.0. The molecule has 2 N–H and O–H groups in total. The van der Waals surface area contributed by atoms with Gasteiger partial charge in [-0.05, 0) is 50.5 Å². The van der Waals surface area contributed by atoms with E-state index in [0.717, 1.165) is 17.8 Å². The van der Waals surface area contributed by atoms with E-state index in [1.165, 1.54) is 13.3 Å². The number of hydrogen-bond acceptors (Lipinski definition) is 6. The lowest BCUT2D eigenvalue weighted by Crippen LogP contribution is -2.41. The van der Waals surface area contributed by atoms with Gasteiger partial charge in [-0.1, -0.05) is 13.8 Å². The molecule has 0 fully saturated rings. The van der Waals surface area contributed by atoms with Gasteiger partial charge in [-0.3, -0.25) is 20.4 Å². The van der Waals surface area contributed by atoms with Crippen molar-refractivity contribution in [2.45, 2.75) is 34.1 Å². The normalized spacial score (nSPS) is 10.9. The zero-order valence-corrected chi connectivity index (χ0v) is 18.4. The number of ether oxygens (including phenoxy) is 2. The van der Waals surface area contributed by atoms with E-state index in [1.807, 2.05) is 19.9 Å². The summed E-state index contributed by atoms with van der Waals surface area (Å²) in [4.78, 5) is 29.4. The molecule has 0 aliphatic carbocycles. The highest BCUT2D eigenvalue weighted by molar-refractivity contribution is 6.02. The van der Waals surface area contributed by atoms with E-state index in [0.29, 0.717) is 35.2 Å². The fourth-order valence-corrected chi connectivity index (χ4v) is 3.02. The fraction of sp³-hybridized carbons (Fsp3) is 0.364. The van der Waals surface area contributed by atoms with Crippen LogP contribution in [-0.4, -0.2) is 40.1 Å². The predicted octanol–water partition coefficient (Wildman–Crippen LogP) is 2.85. The molecule has 9 nitrogen and oxygen atoms in total. The number of carbonyl (C=O) groups is 2. The first-order chi connectivity index (χ1) is 14.8. The number of nitrogens with one attached hydrogen (secondary N) is 2. The average molecular weight is 425 g/mol. The molecule has 0 aliphatic rings. The number of fused-ring (bicyclic) bond motifs is 1. The quantitative estimate of drug-likeness (QED) is 0.564. The standard InChI is InChI=1S/C22H27N5O4/c1-13(2)8-9-31-18-7-6-16(11-19(18)30-5)21(28)25-26-22(29)17-12-23-27-15(4)10-14(3)24-20(17)27/h6-7,10-13H,8-9H2,1-5H3,(H,25,28)(H,26,29). The predicted molar refractivity (Wildman–Crippen MR) is 115 cm³/mol. The number of amides is 2. The molecule has 9 heteroatoms. The van der Waals surface area contributed by atoms with Crippen molar-refractivity contribution < 1.29 is 19.1 Å². The molecule has 0 aliphatic heterocycles. The molecule has 2 heterocycles. The number of rotatable bonds is 7. The lowest BCUT2D eigenvalue weighted by Gasteiger charge is -2.13. The highest BCUT2D eigenvalue weighted by Crippen LogP contribution is 2.28. The van der Waals surface area contributed by atoms with Gasteiger partial charge in [0.25, 0.3) is 11.8 Å². The molecule has 2 aromatic heterocycles. The largest absolute Gasteiger partial charge is 0.493 e. The monoisotopic (exact) mass is 425 g/mol. The summed E-state index contributed by atoms with van der Waals surface area (Å²) in [6.07, 6.45) is 2.33. The number of carbonyl (C=O) groups excluding carboxylic acids is 2. The molecule has 3 aromatic rings. The molecule has 2 amide bonds. The topological polar surface area (TPSA) is 107 Å². The zero-order chi connectivity index (χ0) is 22.5. The van der Waals surface area contributed by atoms with Crippen LogP contribution in [-0.2, 0) is 0 Å². The third-order valence-corrected chi connectivity index (χ3v) is 4.69. The Morgan fingerprint density at radius 2 is 1.84 bits per heavy atom. The summed E-state index contributed by atoms with van der Waals surface area (Å²) >= 11 is 0. The van der Waals surface area contributed by atoms with Crippen LogP contribution in [0.15, 0.2) is 30.5 Å². The van der Waals surface area contributed by atoms with Gasteiger partial charge < -0.3 is 9.47 Å². The lowest BCUT2D eigenvalue weighted by molar-refractivity contribution is 0.0847. The second-order valence-corrected chi connectivity index (χ2v) is 7.64. The first-order valence-electron chi connectivity index (χ1n) is 10.0. The summed E-state index contributed by atoms with van der Waals surface area (Å²) in [7, 11) is 1.51. The van der Waals surface area contributed by atoms with Gasteiger partial charge in [0.2, 0.25) is 0 Å². The van der Waals surface area contributed by atoms with E-state index in [1.54, 1.807) is 22.7 Å². The summed E-state index contributed by atoms with van der Waals surface area (Å²) in [6.45, 7) is 8.51. The van der Waals surface area contributed by atoms with Crippen molar-refractivity contribution in [3.8, 4) is 11.5 Å². The summed E-state index contributed by atoms with van der Waals surface area (Å²) < 4.78 is 12.7. The van der Waals surface area contributed by atoms with Crippen molar-refractivity contribution in [1.82, 2.24) is 25.4 Å². The number of aryl methyl sites for hydroxylation is 2. The maximum Gasteiger partial charge on any atom is 0.275 e. The fourth-order valence-electron chi connectivity index (χ4n) is 3.02. The maximum absolute atomic E-state index is 12.6. The molecule has 0 spiro atoms. The van der Waals surface area contributed by atoms with Crippen molar-refractivity contribution in [2.75, 3.05) is 13.7 Å². The lowest BCUT2D eigenvalue weighted by atomic mass is 10.1. The Balaban J connectivity index is 1.67. The second kappa shape index (κ2) is 9.46. The zero-order valence-electron chi connectivity index (χ0n) is 18.4.